The van der Waals surface area contributed by atoms with E-state index in [-0.39, 0.29) is 6.10 Å². The number of rotatable bonds is 3. The minimum atomic E-state index is -0.719. The highest BCUT2D eigenvalue weighted by molar-refractivity contribution is 7.11. The average molecular weight is 255 g/mol. The van der Waals surface area contributed by atoms with Crippen LogP contribution in [0.4, 0.5) is 0 Å². The van der Waals surface area contributed by atoms with Crippen molar-refractivity contribution in [2.75, 3.05) is 7.11 Å². The fraction of sp³-hybridized carbons (Fsp3) is 0.769. The lowest BCUT2D eigenvalue weighted by molar-refractivity contribution is -0.116. The standard InChI is InChI=1S/C13H21NO2S/c1-9-10(2)17-12(14-9)8-13(15)7-5-4-6-11(13)16-3/h11,15H,4-8H2,1-3H3. The predicted octanol–water partition coefficient (Wildman–Crippen LogP) is 2.62. The van der Waals surface area contributed by atoms with Gasteiger partial charge in [0.25, 0.3) is 0 Å². The number of methoxy groups -OCH3 is 1. The van der Waals surface area contributed by atoms with Crippen LogP contribution in [0.3, 0.4) is 0 Å². The van der Waals surface area contributed by atoms with E-state index in [4.69, 9.17) is 4.74 Å². The second-order valence-electron chi connectivity index (χ2n) is 5.00. The third kappa shape index (κ3) is 2.69. The van der Waals surface area contributed by atoms with Crippen LogP contribution in [0.5, 0.6) is 0 Å². The molecule has 1 fully saturated rings. The maximum atomic E-state index is 10.7. The van der Waals surface area contributed by atoms with Crippen LogP contribution >= 0.6 is 11.3 Å². The van der Waals surface area contributed by atoms with Crippen LogP contribution < -0.4 is 0 Å². The fourth-order valence-electron chi connectivity index (χ4n) is 2.61. The Bertz CT molecular complexity index is 371. The van der Waals surface area contributed by atoms with E-state index in [9.17, 15) is 5.11 Å². The smallest absolute Gasteiger partial charge is 0.0971 e. The molecule has 17 heavy (non-hydrogen) atoms. The third-order valence-corrected chi connectivity index (χ3v) is 4.81. The Hall–Kier alpha value is -0.450. The maximum absolute atomic E-state index is 10.7. The van der Waals surface area contributed by atoms with E-state index < -0.39 is 5.60 Å². The molecule has 0 aromatic carbocycles. The van der Waals surface area contributed by atoms with Gasteiger partial charge in [0.2, 0.25) is 0 Å². The fourth-order valence-corrected chi connectivity index (χ4v) is 3.66. The quantitative estimate of drug-likeness (QED) is 0.903. The van der Waals surface area contributed by atoms with Crippen LogP contribution in [0.15, 0.2) is 0 Å². The highest BCUT2D eigenvalue weighted by Crippen LogP contribution is 2.34. The molecule has 1 aromatic heterocycles. The average Bonchev–Trinajstić information content (AvgIpc) is 2.57. The van der Waals surface area contributed by atoms with Crippen molar-refractivity contribution in [3.05, 3.63) is 15.6 Å². The van der Waals surface area contributed by atoms with Crippen molar-refractivity contribution < 1.29 is 9.84 Å². The Morgan fingerprint density at radius 1 is 1.47 bits per heavy atom. The van der Waals surface area contributed by atoms with Crippen molar-refractivity contribution in [3.63, 3.8) is 0 Å². The number of aromatic nitrogens is 1. The minimum Gasteiger partial charge on any atom is -0.387 e. The first-order valence-electron chi connectivity index (χ1n) is 6.23. The molecule has 1 saturated carbocycles. The molecule has 1 heterocycles. The minimum absolute atomic E-state index is 0.0410. The molecule has 0 saturated heterocycles. The van der Waals surface area contributed by atoms with Crippen LogP contribution in [0.2, 0.25) is 0 Å². The molecule has 1 aliphatic carbocycles. The monoisotopic (exact) mass is 255 g/mol. The SMILES string of the molecule is COC1CCCCC1(O)Cc1nc(C)c(C)s1. The van der Waals surface area contributed by atoms with Crippen LogP contribution in [0.1, 0.15) is 41.3 Å². The molecule has 96 valence electrons. The van der Waals surface area contributed by atoms with Crippen molar-refractivity contribution in [1.29, 1.82) is 0 Å². The van der Waals surface area contributed by atoms with E-state index in [0.29, 0.717) is 6.42 Å². The summed E-state index contributed by atoms with van der Waals surface area (Å²) in [6, 6.07) is 0. The number of aliphatic hydroxyl groups is 1. The zero-order valence-electron chi connectivity index (χ0n) is 10.8. The topological polar surface area (TPSA) is 42.4 Å². The van der Waals surface area contributed by atoms with E-state index in [1.165, 1.54) is 4.88 Å². The highest BCUT2D eigenvalue weighted by Gasteiger charge is 2.40. The summed E-state index contributed by atoms with van der Waals surface area (Å²) in [5, 5.41) is 11.8. The van der Waals surface area contributed by atoms with Gasteiger partial charge in [-0.2, -0.15) is 0 Å². The van der Waals surface area contributed by atoms with Gasteiger partial charge in [-0.1, -0.05) is 12.8 Å². The van der Waals surface area contributed by atoms with E-state index in [1.807, 2.05) is 6.92 Å². The number of nitrogens with zero attached hydrogens (tertiary/aromatic N) is 1. The van der Waals surface area contributed by atoms with Crippen LogP contribution in [-0.2, 0) is 11.2 Å². The molecular formula is C13H21NO2S. The molecule has 1 N–H and O–H groups in total. The lowest BCUT2D eigenvalue weighted by Gasteiger charge is -2.38. The predicted molar refractivity (Wildman–Crippen MR) is 69.5 cm³/mol. The lowest BCUT2D eigenvalue weighted by atomic mass is 9.80. The van der Waals surface area contributed by atoms with E-state index in [1.54, 1.807) is 18.4 Å². The van der Waals surface area contributed by atoms with Gasteiger partial charge in [-0.25, -0.2) is 4.98 Å². The van der Waals surface area contributed by atoms with Gasteiger partial charge in [0, 0.05) is 18.4 Å². The molecule has 2 unspecified atom stereocenters. The molecule has 2 rings (SSSR count). The zero-order valence-corrected chi connectivity index (χ0v) is 11.6. The number of thiazole rings is 1. The summed E-state index contributed by atoms with van der Waals surface area (Å²) in [6.45, 7) is 4.10. The number of hydrogen-bond acceptors (Lipinski definition) is 4. The van der Waals surface area contributed by atoms with Crippen molar-refractivity contribution in [1.82, 2.24) is 4.98 Å². The summed E-state index contributed by atoms with van der Waals surface area (Å²) in [5.74, 6) is 0. The van der Waals surface area contributed by atoms with E-state index >= 15 is 0 Å². The number of hydrogen-bond donors (Lipinski definition) is 1. The third-order valence-electron chi connectivity index (χ3n) is 3.74. The highest BCUT2D eigenvalue weighted by atomic mass is 32.1. The molecule has 3 nitrogen and oxygen atoms in total. The molecule has 0 radical (unpaired) electrons. The molecule has 0 bridgehead atoms. The second kappa shape index (κ2) is 5.04. The Morgan fingerprint density at radius 2 is 2.24 bits per heavy atom. The summed E-state index contributed by atoms with van der Waals surface area (Å²) >= 11 is 1.69. The van der Waals surface area contributed by atoms with E-state index in [0.717, 1.165) is 36.4 Å². The molecule has 4 heteroatoms. The van der Waals surface area contributed by atoms with Gasteiger partial charge in [-0.05, 0) is 26.7 Å². The number of aryl methyl sites for hydroxylation is 2. The summed E-state index contributed by atoms with van der Waals surface area (Å²) in [6.07, 6.45) is 4.60. The first-order chi connectivity index (χ1) is 8.05. The molecule has 1 aliphatic rings. The first kappa shape index (κ1) is 13.0. The first-order valence-corrected chi connectivity index (χ1v) is 7.05. The van der Waals surface area contributed by atoms with Crippen LogP contribution in [0.25, 0.3) is 0 Å². The largest absolute Gasteiger partial charge is 0.387 e. The van der Waals surface area contributed by atoms with Crippen LogP contribution in [0, 0.1) is 13.8 Å². The number of ether oxygens (including phenoxy) is 1. The Balaban J connectivity index is 2.14. The van der Waals surface area contributed by atoms with Crippen molar-refractivity contribution in [2.45, 2.75) is 57.7 Å². The summed E-state index contributed by atoms with van der Waals surface area (Å²) in [7, 11) is 1.69. The van der Waals surface area contributed by atoms with Gasteiger partial charge in [0.1, 0.15) is 0 Å². The van der Waals surface area contributed by atoms with Gasteiger partial charge < -0.3 is 9.84 Å². The molecule has 0 aliphatic heterocycles. The van der Waals surface area contributed by atoms with Crippen molar-refractivity contribution in [3.8, 4) is 0 Å². The van der Waals surface area contributed by atoms with Gasteiger partial charge in [0.15, 0.2) is 0 Å². The van der Waals surface area contributed by atoms with Gasteiger partial charge in [0.05, 0.1) is 22.4 Å². The maximum Gasteiger partial charge on any atom is 0.0971 e. The molecular weight excluding hydrogens is 234 g/mol. The molecule has 0 spiro atoms. The summed E-state index contributed by atoms with van der Waals surface area (Å²) < 4.78 is 5.44. The Morgan fingerprint density at radius 3 is 2.82 bits per heavy atom. The summed E-state index contributed by atoms with van der Waals surface area (Å²) in [4.78, 5) is 5.77. The zero-order chi connectivity index (χ0) is 12.5. The van der Waals surface area contributed by atoms with Crippen LogP contribution in [-0.4, -0.2) is 28.9 Å². The normalized spacial score (nSPS) is 29.5. The Labute approximate surface area is 107 Å². The molecule has 1 aromatic rings. The van der Waals surface area contributed by atoms with Crippen molar-refractivity contribution >= 4 is 11.3 Å². The van der Waals surface area contributed by atoms with Gasteiger partial charge in [-0.3, -0.25) is 0 Å². The molecule has 2 atom stereocenters. The van der Waals surface area contributed by atoms with Gasteiger partial charge in [-0.15, -0.1) is 11.3 Å². The van der Waals surface area contributed by atoms with Gasteiger partial charge >= 0.3 is 0 Å². The summed E-state index contributed by atoms with van der Waals surface area (Å²) in [5.41, 5.74) is 0.363. The molecule has 0 amide bonds. The van der Waals surface area contributed by atoms with E-state index in [2.05, 4.69) is 11.9 Å². The Kier molecular flexibility index (Phi) is 3.85. The van der Waals surface area contributed by atoms with Crippen molar-refractivity contribution in [2.24, 2.45) is 0 Å². The lowest BCUT2D eigenvalue weighted by Crippen LogP contribution is -2.47. The second-order valence-corrected chi connectivity index (χ2v) is 6.29.